The Labute approximate surface area is 148 Å². The van der Waals surface area contributed by atoms with Crippen molar-refractivity contribution >= 4 is 23.4 Å². The highest BCUT2D eigenvalue weighted by Gasteiger charge is 2.16. The molecule has 0 radical (unpaired) electrons. The number of nitro benzene ring substituents is 1. The Bertz CT molecular complexity index is 794. The van der Waals surface area contributed by atoms with Gasteiger partial charge in [-0.3, -0.25) is 14.9 Å². The summed E-state index contributed by atoms with van der Waals surface area (Å²) in [5, 5.41) is 13.2. The van der Waals surface area contributed by atoms with E-state index < -0.39 is 4.92 Å². The van der Waals surface area contributed by atoms with Crippen molar-refractivity contribution < 1.29 is 19.2 Å². The fraction of sp³-hybridized carbons (Fsp3) is 0.235. The maximum Gasteiger partial charge on any atom is 0.269 e. The van der Waals surface area contributed by atoms with Gasteiger partial charge >= 0.3 is 0 Å². The second-order valence-corrected chi connectivity index (χ2v) is 6.83. The summed E-state index contributed by atoms with van der Waals surface area (Å²) in [7, 11) is 0. The van der Waals surface area contributed by atoms with Crippen LogP contribution in [-0.2, 0) is 11.3 Å². The van der Waals surface area contributed by atoms with E-state index in [1.54, 1.807) is 19.1 Å². The molecule has 1 aliphatic heterocycles. The molecule has 1 aliphatic rings. The number of nitrogens with one attached hydrogen (secondary N) is 1. The van der Waals surface area contributed by atoms with Gasteiger partial charge in [0.25, 0.3) is 5.69 Å². The minimum Gasteiger partial charge on any atom is -0.454 e. The number of carbonyl (C=O) groups excluding carboxylic acids is 1. The Kier molecular flexibility index (Phi) is 5.08. The second-order valence-electron chi connectivity index (χ2n) is 5.42. The van der Waals surface area contributed by atoms with Crippen LogP contribution in [0.3, 0.4) is 0 Å². The zero-order valence-electron chi connectivity index (χ0n) is 13.4. The van der Waals surface area contributed by atoms with E-state index in [-0.39, 0.29) is 23.6 Å². The summed E-state index contributed by atoms with van der Waals surface area (Å²) in [6, 6.07) is 11.7. The smallest absolute Gasteiger partial charge is 0.269 e. The third kappa shape index (κ3) is 4.21. The molecule has 2 aromatic rings. The molecule has 2 aromatic carbocycles. The fourth-order valence-corrected chi connectivity index (χ4v) is 3.18. The van der Waals surface area contributed by atoms with Gasteiger partial charge in [0.2, 0.25) is 12.7 Å². The number of fused-ring (bicyclic) bond motifs is 1. The lowest BCUT2D eigenvalue weighted by atomic mass is 10.2. The van der Waals surface area contributed by atoms with Crippen LogP contribution in [0.15, 0.2) is 47.4 Å². The number of amides is 1. The summed E-state index contributed by atoms with van der Waals surface area (Å²) >= 11 is 1.35. The van der Waals surface area contributed by atoms with Gasteiger partial charge in [0.1, 0.15) is 0 Å². The molecule has 25 heavy (non-hydrogen) atoms. The number of carbonyl (C=O) groups is 1. The van der Waals surface area contributed by atoms with Crippen LogP contribution < -0.4 is 14.8 Å². The van der Waals surface area contributed by atoms with Crippen LogP contribution in [0, 0.1) is 10.1 Å². The van der Waals surface area contributed by atoms with Crippen molar-refractivity contribution in [2.45, 2.75) is 23.6 Å². The average Bonchev–Trinajstić information content (AvgIpc) is 3.07. The van der Waals surface area contributed by atoms with E-state index in [1.807, 2.05) is 18.2 Å². The Morgan fingerprint density at radius 1 is 1.24 bits per heavy atom. The fourth-order valence-electron chi connectivity index (χ4n) is 2.29. The average molecular weight is 360 g/mol. The molecule has 0 unspecified atom stereocenters. The molecular formula is C17H16N2O5S. The molecule has 1 N–H and O–H groups in total. The monoisotopic (exact) mass is 360 g/mol. The van der Waals surface area contributed by atoms with Crippen LogP contribution in [0.25, 0.3) is 0 Å². The van der Waals surface area contributed by atoms with Crippen molar-refractivity contribution in [2.75, 3.05) is 6.79 Å². The van der Waals surface area contributed by atoms with E-state index in [0.717, 1.165) is 10.5 Å². The highest BCUT2D eigenvalue weighted by Crippen LogP contribution is 2.32. The molecule has 0 fully saturated rings. The van der Waals surface area contributed by atoms with Gasteiger partial charge in [-0.15, -0.1) is 11.8 Å². The number of hydrogen-bond donors (Lipinski definition) is 1. The third-order valence-corrected chi connectivity index (χ3v) is 4.75. The molecule has 0 aliphatic carbocycles. The number of benzene rings is 2. The quantitative estimate of drug-likeness (QED) is 0.483. The van der Waals surface area contributed by atoms with Crippen LogP contribution in [0.5, 0.6) is 11.5 Å². The molecule has 0 saturated heterocycles. The van der Waals surface area contributed by atoms with Crippen molar-refractivity contribution in [1.82, 2.24) is 5.32 Å². The van der Waals surface area contributed by atoms with Crippen LogP contribution in [0.2, 0.25) is 0 Å². The van der Waals surface area contributed by atoms with E-state index in [1.165, 1.54) is 23.9 Å². The van der Waals surface area contributed by atoms with Crippen molar-refractivity contribution in [3.63, 3.8) is 0 Å². The summed E-state index contributed by atoms with van der Waals surface area (Å²) in [5.74, 6) is 1.28. The van der Waals surface area contributed by atoms with E-state index in [0.29, 0.717) is 18.0 Å². The molecule has 1 amide bonds. The van der Waals surface area contributed by atoms with E-state index in [4.69, 9.17) is 9.47 Å². The van der Waals surface area contributed by atoms with Crippen molar-refractivity contribution in [2.24, 2.45) is 0 Å². The number of non-ortho nitro benzene ring substituents is 1. The minimum absolute atomic E-state index is 0.0317. The lowest BCUT2D eigenvalue weighted by molar-refractivity contribution is -0.384. The van der Waals surface area contributed by atoms with Gasteiger partial charge in [-0.25, -0.2) is 0 Å². The number of hydrogen-bond acceptors (Lipinski definition) is 6. The molecule has 8 heteroatoms. The first-order valence-corrected chi connectivity index (χ1v) is 8.48. The summed E-state index contributed by atoms with van der Waals surface area (Å²) in [4.78, 5) is 23.2. The largest absolute Gasteiger partial charge is 0.454 e. The van der Waals surface area contributed by atoms with E-state index in [9.17, 15) is 14.9 Å². The minimum atomic E-state index is -0.448. The van der Waals surface area contributed by atoms with Crippen LogP contribution in [0.1, 0.15) is 12.5 Å². The van der Waals surface area contributed by atoms with Crippen LogP contribution in [-0.4, -0.2) is 22.9 Å². The van der Waals surface area contributed by atoms with Gasteiger partial charge in [-0.05, 0) is 36.8 Å². The molecule has 3 rings (SSSR count). The number of rotatable bonds is 6. The van der Waals surface area contributed by atoms with Crippen molar-refractivity contribution in [3.8, 4) is 11.5 Å². The maximum absolute atomic E-state index is 12.2. The third-order valence-electron chi connectivity index (χ3n) is 3.63. The maximum atomic E-state index is 12.2. The number of ether oxygens (including phenoxy) is 2. The van der Waals surface area contributed by atoms with Crippen LogP contribution in [0.4, 0.5) is 5.69 Å². The Morgan fingerprint density at radius 3 is 2.68 bits per heavy atom. The normalized spacial score (nSPS) is 13.3. The molecule has 1 heterocycles. The molecule has 0 aromatic heterocycles. The molecule has 0 saturated carbocycles. The van der Waals surface area contributed by atoms with Gasteiger partial charge in [-0.1, -0.05) is 6.07 Å². The highest BCUT2D eigenvalue weighted by molar-refractivity contribution is 8.00. The van der Waals surface area contributed by atoms with Gasteiger partial charge in [0, 0.05) is 23.6 Å². The van der Waals surface area contributed by atoms with Gasteiger partial charge in [0.05, 0.1) is 10.2 Å². The SMILES string of the molecule is C[C@@H](Sc1ccc([N+](=O)[O-])cc1)C(=O)NCc1ccc2c(c1)OCO2. The number of nitrogens with zero attached hydrogens (tertiary/aromatic N) is 1. The number of thioether (sulfide) groups is 1. The topological polar surface area (TPSA) is 90.7 Å². The standard InChI is InChI=1S/C17H16N2O5S/c1-11(25-14-5-3-13(4-6-14)19(21)22)17(20)18-9-12-2-7-15-16(8-12)24-10-23-15/h2-8,11H,9-10H2,1H3,(H,18,20)/t11-/m1/s1. The number of nitro groups is 1. The summed E-state index contributed by atoms with van der Waals surface area (Å²) in [6.45, 7) is 2.40. The summed E-state index contributed by atoms with van der Waals surface area (Å²) in [5.41, 5.74) is 0.953. The lowest BCUT2D eigenvalue weighted by Crippen LogP contribution is -2.30. The lowest BCUT2D eigenvalue weighted by Gasteiger charge is -2.12. The van der Waals surface area contributed by atoms with Gasteiger partial charge < -0.3 is 14.8 Å². The molecular weight excluding hydrogens is 344 g/mol. The van der Waals surface area contributed by atoms with Gasteiger partial charge in [0.15, 0.2) is 11.5 Å². The summed E-state index contributed by atoms with van der Waals surface area (Å²) in [6.07, 6.45) is 0. The molecule has 7 nitrogen and oxygen atoms in total. The second kappa shape index (κ2) is 7.43. The van der Waals surface area contributed by atoms with Crippen molar-refractivity contribution in [1.29, 1.82) is 0 Å². The van der Waals surface area contributed by atoms with Crippen molar-refractivity contribution in [3.05, 3.63) is 58.1 Å². The first-order chi connectivity index (χ1) is 12.0. The summed E-state index contributed by atoms with van der Waals surface area (Å²) < 4.78 is 10.6. The predicted molar refractivity (Wildman–Crippen MR) is 92.8 cm³/mol. The van der Waals surface area contributed by atoms with Crippen LogP contribution >= 0.6 is 11.8 Å². The molecule has 0 bridgehead atoms. The zero-order valence-corrected chi connectivity index (χ0v) is 14.2. The first kappa shape index (κ1) is 17.1. The molecule has 130 valence electrons. The van der Waals surface area contributed by atoms with E-state index >= 15 is 0 Å². The Balaban J connectivity index is 1.53. The Hall–Kier alpha value is -2.74. The predicted octanol–water partition coefficient (Wildman–Crippen LogP) is 3.12. The molecule has 1 atom stereocenters. The van der Waals surface area contributed by atoms with E-state index in [2.05, 4.69) is 5.32 Å². The zero-order chi connectivity index (χ0) is 17.8. The van der Waals surface area contributed by atoms with Gasteiger partial charge in [-0.2, -0.15) is 0 Å². The Morgan fingerprint density at radius 2 is 1.96 bits per heavy atom. The molecule has 0 spiro atoms. The highest BCUT2D eigenvalue weighted by atomic mass is 32.2. The first-order valence-electron chi connectivity index (χ1n) is 7.60.